The molecule has 0 bridgehead atoms. The van der Waals surface area contributed by atoms with Gasteiger partial charge < -0.3 is 20.4 Å². The first-order valence-corrected chi connectivity index (χ1v) is 11.6. The Labute approximate surface area is 192 Å². The number of nitrogens with one attached hydrogen (secondary N) is 2. The fourth-order valence-corrected chi connectivity index (χ4v) is 3.98. The molecular weight excluding hydrogens is 398 g/mol. The molecule has 1 unspecified atom stereocenters. The normalized spacial score (nSPS) is 16.7. The molecule has 1 aliphatic rings. The summed E-state index contributed by atoms with van der Waals surface area (Å²) < 4.78 is 0. The van der Waals surface area contributed by atoms with Gasteiger partial charge in [-0.15, -0.1) is 0 Å². The Morgan fingerprint density at radius 1 is 1.06 bits per heavy atom. The number of rotatable bonds is 9. The van der Waals surface area contributed by atoms with Gasteiger partial charge in [-0.05, 0) is 55.5 Å². The number of hydrogen-bond donors (Lipinski definition) is 2. The number of guanidine groups is 1. The van der Waals surface area contributed by atoms with Crippen LogP contribution >= 0.6 is 0 Å². The maximum atomic E-state index is 12.0. The summed E-state index contributed by atoms with van der Waals surface area (Å²) in [5.74, 6) is 1.51. The third-order valence-electron chi connectivity index (χ3n) is 5.86. The van der Waals surface area contributed by atoms with Gasteiger partial charge in [0.05, 0.1) is 6.54 Å². The van der Waals surface area contributed by atoms with Crippen molar-refractivity contribution in [2.45, 2.75) is 26.3 Å². The first-order chi connectivity index (χ1) is 15.5. The number of amides is 1. The van der Waals surface area contributed by atoms with Crippen LogP contribution in [0.1, 0.15) is 34.8 Å². The lowest BCUT2D eigenvalue weighted by Gasteiger charge is -2.17. The van der Waals surface area contributed by atoms with E-state index in [1.807, 2.05) is 24.3 Å². The van der Waals surface area contributed by atoms with Crippen molar-refractivity contribution in [2.75, 3.05) is 46.8 Å². The fraction of sp³-hybridized carbons (Fsp3) is 0.462. The smallest absolute Gasteiger partial charge is 0.253 e. The number of benzene rings is 2. The minimum Gasteiger partial charge on any atom is -0.357 e. The van der Waals surface area contributed by atoms with Crippen LogP contribution < -0.4 is 10.6 Å². The molecule has 172 valence electrons. The predicted octanol–water partition coefficient (Wildman–Crippen LogP) is 3.01. The number of carbonyl (C=O) groups is 1. The van der Waals surface area contributed by atoms with Gasteiger partial charge in [-0.25, -0.2) is 4.99 Å². The molecule has 0 aromatic heterocycles. The van der Waals surface area contributed by atoms with Crippen molar-refractivity contribution in [3.05, 3.63) is 71.3 Å². The summed E-state index contributed by atoms with van der Waals surface area (Å²) in [7, 11) is 3.53. The summed E-state index contributed by atoms with van der Waals surface area (Å²) in [4.78, 5) is 20.9. The van der Waals surface area contributed by atoms with Crippen LogP contribution in [0.25, 0.3) is 0 Å². The van der Waals surface area contributed by atoms with Gasteiger partial charge in [-0.1, -0.05) is 42.5 Å². The summed E-state index contributed by atoms with van der Waals surface area (Å²) in [5, 5.41) is 6.87. The molecule has 2 aromatic rings. The van der Waals surface area contributed by atoms with E-state index in [-0.39, 0.29) is 5.91 Å². The van der Waals surface area contributed by atoms with Crippen LogP contribution in [0.3, 0.4) is 0 Å². The lowest BCUT2D eigenvalue weighted by atomic mass is 10.1. The molecule has 2 N–H and O–H groups in total. The van der Waals surface area contributed by atoms with Gasteiger partial charge >= 0.3 is 0 Å². The Balaban J connectivity index is 1.44. The number of aliphatic imine (C=N–C) groups is 1. The van der Waals surface area contributed by atoms with E-state index in [2.05, 4.69) is 52.8 Å². The highest BCUT2D eigenvalue weighted by Gasteiger charge is 2.22. The number of nitrogens with zero attached hydrogens (tertiary/aromatic N) is 3. The SMILES string of the molecule is CCNC(=NCc1ccc(C(=O)N(C)C)cc1)NCC1CCN(CCc2ccccc2)C1. The molecule has 1 heterocycles. The quantitative estimate of drug-likeness (QED) is 0.470. The summed E-state index contributed by atoms with van der Waals surface area (Å²) in [6.07, 6.45) is 2.34. The summed E-state index contributed by atoms with van der Waals surface area (Å²) in [6, 6.07) is 18.4. The molecule has 2 aromatic carbocycles. The monoisotopic (exact) mass is 435 g/mol. The van der Waals surface area contributed by atoms with Gasteiger partial charge in [0.1, 0.15) is 0 Å². The van der Waals surface area contributed by atoms with E-state index < -0.39 is 0 Å². The molecule has 1 aliphatic heterocycles. The summed E-state index contributed by atoms with van der Waals surface area (Å²) in [5.41, 5.74) is 3.20. The molecule has 1 saturated heterocycles. The first kappa shape index (κ1) is 23.8. The van der Waals surface area contributed by atoms with Gasteiger partial charge in [0.2, 0.25) is 0 Å². The van der Waals surface area contributed by atoms with E-state index >= 15 is 0 Å². The largest absolute Gasteiger partial charge is 0.357 e. The molecule has 0 spiro atoms. The van der Waals surface area contributed by atoms with Crippen LogP contribution in [0, 0.1) is 5.92 Å². The van der Waals surface area contributed by atoms with E-state index in [9.17, 15) is 4.79 Å². The maximum absolute atomic E-state index is 12.0. The second-order valence-corrected chi connectivity index (χ2v) is 8.66. The number of likely N-dealkylation sites (tertiary alicyclic amines) is 1. The second kappa shape index (κ2) is 12.2. The van der Waals surface area contributed by atoms with E-state index in [1.165, 1.54) is 18.5 Å². The Hall–Kier alpha value is -2.86. The van der Waals surface area contributed by atoms with Crippen LogP contribution in [0.2, 0.25) is 0 Å². The zero-order chi connectivity index (χ0) is 22.8. The van der Waals surface area contributed by atoms with Crippen LogP contribution in [0.15, 0.2) is 59.6 Å². The topological polar surface area (TPSA) is 60.0 Å². The molecular formula is C26H37N5O. The standard InChI is InChI=1S/C26H37N5O/c1-4-27-26(28-18-22-10-12-24(13-11-22)25(32)30(2)3)29-19-23-15-17-31(20-23)16-14-21-8-6-5-7-9-21/h5-13,23H,4,14-20H2,1-3H3,(H2,27,28,29). The molecule has 3 rings (SSSR count). The van der Waals surface area contributed by atoms with Gasteiger partial charge in [0, 0.05) is 45.8 Å². The van der Waals surface area contributed by atoms with Gasteiger partial charge in [-0.3, -0.25) is 4.79 Å². The fourth-order valence-electron chi connectivity index (χ4n) is 3.98. The lowest BCUT2D eigenvalue weighted by molar-refractivity contribution is 0.0827. The third kappa shape index (κ3) is 7.38. The van der Waals surface area contributed by atoms with Gasteiger partial charge in [-0.2, -0.15) is 0 Å². The average molecular weight is 436 g/mol. The first-order valence-electron chi connectivity index (χ1n) is 11.6. The predicted molar refractivity (Wildman–Crippen MR) is 132 cm³/mol. The Kier molecular flexibility index (Phi) is 9.11. The van der Waals surface area contributed by atoms with Crippen LogP contribution in [-0.4, -0.2) is 68.5 Å². The number of hydrogen-bond acceptors (Lipinski definition) is 3. The zero-order valence-corrected chi connectivity index (χ0v) is 19.7. The summed E-state index contributed by atoms with van der Waals surface area (Å²) >= 11 is 0. The molecule has 6 heteroatoms. The third-order valence-corrected chi connectivity index (χ3v) is 5.86. The van der Waals surface area contributed by atoms with Crippen molar-refractivity contribution in [3.63, 3.8) is 0 Å². The molecule has 0 aliphatic carbocycles. The van der Waals surface area contributed by atoms with E-state index in [1.54, 1.807) is 19.0 Å². The van der Waals surface area contributed by atoms with E-state index in [4.69, 9.17) is 4.99 Å². The highest BCUT2D eigenvalue weighted by Crippen LogP contribution is 2.16. The molecule has 1 atom stereocenters. The van der Waals surface area contributed by atoms with Crippen molar-refractivity contribution in [1.29, 1.82) is 0 Å². The Morgan fingerprint density at radius 3 is 2.50 bits per heavy atom. The highest BCUT2D eigenvalue weighted by atomic mass is 16.2. The van der Waals surface area contributed by atoms with Crippen LogP contribution in [-0.2, 0) is 13.0 Å². The summed E-state index contributed by atoms with van der Waals surface area (Å²) in [6.45, 7) is 7.87. The minimum absolute atomic E-state index is 0.0180. The van der Waals surface area contributed by atoms with E-state index in [0.29, 0.717) is 18.0 Å². The molecule has 0 saturated carbocycles. The van der Waals surface area contributed by atoms with Gasteiger partial charge in [0.15, 0.2) is 5.96 Å². The Bertz CT molecular complexity index is 864. The molecule has 1 fully saturated rings. The average Bonchev–Trinajstić information content (AvgIpc) is 3.28. The van der Waals surface area contributed by atoms with Gasteiger partial charge in [0.25, 0.3) is 5.91 Å². The lowest BCUT2D eigenvalue weighted by Crippen LogP contribution is -2.40. The van der Waals surface area contributed by atoms with E-state index in [0.717, 1.165) is 44.1 Å². The molecule has 1 amide bonds. The zero-order valence-electron chi connectivity index (χ0n) is 19.7. The second-order valence-electron chi connectivity index (χ2n) is 8.66. The van der Waals surface area contributed by atoms with Crippen molar-refractivity contribution in [3.8, 4) is 0 Å². The maximum Gasteiger partial charge on any atom is 0.253 e. The molecule has 32 heavy (non-hydrogen) atoms. The van der Waals surface area contributed by atoms with Crippen molar-refractivity contribution < 1.29 is 4.79 Å². The van der Waals surface area contributed by atoms with Crippen molar-refractivity contribution >= 4 is 11.9 Å². The molecule has 6 nitrogen and oxygen atoms in total. The van der Waals surface area contributed by atoms with Crippen LogP contribution in [0.4, 0.5) is 0 Å². The minimum atomic E-state index is 0.0180. The Morgan fingerprint density at radius 2 is 1.81 bits per heavy atom. The van der Waals surface area contributed by atoms with Crippen molar-refractivity contribution in [1.82, 2.24) is 20.4 Å². The highest BCUT2D eigenvalue weighted by molar-refractivity contribution is 5.93. The van der Waals surface area contributed by atoms with Crippen molar-refractivity contribution in [2.24, 2.45) is 10.9 Å². The number of carbonyl (C=O) groups excluding carboxylic acids is 1. The molecule has 0 radical (unpaired) electrons. The van der Waals surface area contributed by atoms with Crippen LogP contribution in [0.5, 0.6) is 0 Å².